The summed E-state index contributed by atoms with van der Waals surface area (Å²) in [6.45, 7) is 1.88. The Balaban J connectivity index is 1.78. The molecule has 0 saturated heterocycles. The summed E-state index contributed by atoms with van der Waals surface area (Å²) in [4.78, 5) is 28.7. The van der Waals surface area contributed by atoms with Crippen LogP contribution < -0.4 is 10.9 Å². The molecule has 0 fully saturated rings. The lowest BCUT2D eigenvalue weighted by atomic mass is 10.2. The Labute approximate surface area is 139 Å². The van der Waals surface area contributed by atoms with Crippen molar-refractivity contribution < 1.29 is 4.79 Å². The first-order valence-corrected chi connectivity index (χ1v) is 8.24. The van der Waals surface area contributed by atoms with Crippen LogP contribution >= 0.6 is 11.3 Å². The zero-order valence-electron chi connectivity index (χ0n) is 12.7. The monoisotopic (exact) mass is 339 g/mol. The number of carbonyl (C=O) groups excluding carboxylic acids is 1. The maximum Gasteiger partial charge on any atom is 0.277 e. The van der Waals surface area contributed by atoms with Crippen molar-refractivity contribution in [3.8, 4) is 0 Å². The molecule has 1 atom stereocenters. The van der Waals surface area contributed by atoms with Gasteiger partial charge in [0.15, 0.2) is 11.2 Å². The highest BCUT2D eigenvalue weighted by atomic mass is 32.1. The fourth-order valence-corrected chi connectivity index (χ4v) is 3.36. The first kappa shape index (κ1) is 14.6. The fraction of sp³-hybridized carbons (Fsp3) is 0.125. The minimum absolute atomic E-state index is 0.0189. The van der Waals surface area contributed by atoms with Gasteiger partial charge in [0.05, 0.1) is 17.1 Å². The molecule has 24 heavy (non-hydrogen) atoms. The maximum atomic E-state index is 12.5. The molecule has 3 aromatic heterocycles. The summed E-state index contributed by atoms with van der Waals surface area (Å²) in [5.41, 5.74) is 1.09. The number of rotatable bonds is 3. The molecule has 1 aromatic carbocycles. The van der Waals surface area contributed by atoms with Crippen molar-refractivity contribution in [2.24, 2.45) is 0 Å². The topological polar surface area (TPSA) is 92.2 Å². The molecule has 2 N–H and O–H groups in total. The summed E-state index contributed by atoms with van der Waals surface area (Å²) in [6.07, 6.45) is 0. The molecule has 0 bridgehead atoms. The summed E-state index contributed by atoms with van der Waals surface area (Å²) in [5.74, 6) is -0.424. The molecule has 0 spiro atoms. The summed E-state index contributed by atoms with van der Waals surface area (Å²) >= 11 is 1.56. The molecular weight excluding hydrogens is 326 g/mol. The third-order valence-corrected chi connectivity index (χ3v) is 4.85. The van der Waals surface area contributed by atoms with Crippen LogP contribution in [0.1, 0.15) is 28.3 Å². The number of nitrogens with one attached hydrogen (secondary N) is 2. The minimum Gasteiger partial charge on any atom is -0.343 e. The number of amides is 1. The van der Waals surface area contributed by atoms with Crippen molar-refractivity contribution in [1.82, 2.24) is 25.1 Å². The van der Waals surface area contributed by atoms with Crippen molar-refractivity contribution in [3.63, 3.8) is 0 Å². The molecule has 4 rings (SSSR count). The van der Waals surface area contributed by atoms with E-state index in [0.717, 1.165) is 4.88 Å². The number of fused-ring (bicyclic) bond motifs is 3. The molecular formula is C16H13N5O2S. The number of aromatic amines is 1. The predicted octanol–water partition coefficient (Wildman–Crippen LogP) is 2.12. The van der Waals surface area contributed by atoms with Crippen LogP contribution in [-0.2, 0) is 0 Å². The number of nitrogens with zero attached hydrogens (tertiary/aromatic N) is 3. The van der Waals surface area contributed by atoms with E-state index in [0.29, 0.717) is 11.0 Å². The van der Waals surface area contributed by atoms with Crippen LogP contribution in [0.2, 0.25) is 0 Å². The standard InChI is InChI=1S/C16H13N5O2S/c1-9(12-7-4-8-24-12)17-15(22)13-14-16(23)18-10-5-2-3-6-11(10)21(14)20-19-13/h2-9H,1H3,(H,17,22)(H,18,23). The molecule has 0 saturated carbocycles. The Bertz CT molecular complexity index is 1100. The number of thiophene rings is 1. The SMILES string of the molecule is CC(NC(=O)c1nnn2c1c(=O)[nH]c1ccccc12)c1cccs1. The van der Waals surface area contributed by atoms with Crippen LogP contribution in [0.3, 0.4) is 0 Å². The van der Waals surface area contributed by atoms with Gasteiger partial charge in [-0.15, -0.1) is 16.4 Å². The average Bonchev–Trinajstić information content (AvgIpc) is 3.25. The van der Waals surface area contributed by atoms with E-state index in [9.17, 15) is 9.59 Å². The van der Waals surface area contributed by atoms with Gasteiger partial charge in [0.25, 0.3) is 11.5 Å². The van der Waals surface area contributed by atoms with Crippen LogP contribution in [-0.4, -0.2) is 25.7 Å². The van der Waals surface area contributed by atoms with Crippen molar-refractivity contribution in [3.05, 3.63) is 62.7 Å². The zero-order valence-corrected chi connectivity index (χ0v) is 13.5. The minimum atomic E-state index is -0.424. The van der Waals surface area contributed by atoms with Crippen LogP contribution in [0, 0.1) is 0 Å². The number of carbonyl (C=O) groups is 1. The molecule has 120 valence electrons. The molecule has 0 aliphatic carbocycles. The molecule has 7 nitrogen and oxygen atoms in total. The van der Waals surface area contributed by atoms with E-state index in [1.165, 1.54) is 4.52 Å². The molecule has 1 unspecified atom stereocenters. The highest BCUT2D eigenvalue weighted by Crippen LogP contribution is 2.19. The number of H-pyrrole nitrogens is 1. The Morgan fingerprint density at radius 3 is 2.92 bits per heavy atom. The fourth-order valence-electron chi connectivity index (χ4n) is 2.63. The lowest BCUT2D eigenvalue weighted by Gasteiger charge is -2.10. The Kier molecular flexibility index (Phi) is 3.39. The van der Waals surface area contributed by atoms with Crippen LogP contribution in [0.5, 0.6) is 0 Å². The molecule has 0 radical (unpaired) electrons. The van der Waals surface area contributed by atoms with Gasteiger partial charge in [-0.05, 0) is 30.5 Å². The Morgan fingerprint density at radius 2 is 2.12 bits per heavy atom. The van der Waals surface area contributed by atoms with E-state index in [4.69, 9.17) is 0 Å². The third-order valence-electron chi connectivity index (χ3n) is 3.80. The van der Waals surface area contributed by atoms with Gasteiger partial charge in [0.2, 0.25) is 0 Å². The van der Waals surface area contributed by atoms with Gasteiger partial charge in [0.1, 0.15) is 0 Å². The number of hydrogen-bond acceptors (Lipinski definition) is 5. The summed E-state index contributed by atoms with van der Waals surface area (Å²) in [6, 6.07) is 10.9. The average molecular weight is 339 g/mol. The quantitative estimate of drug-likeness (QED) is 0.598. The van der Waals surface area contributed by atoms with Gasteiger partial charge in [0, 0.05) is 4.88 Å². The van der Waals surface area contributed by atoms with Crippen molar-refractivity contribution in [2.45, 2.75) is 13.0 Å². The number of benzene rings is 1. The Morgan fingerprint density at radius 1 is 1.29 bits per heavy atom. The van der Waals surface area contributed by atoms with E-state index in [2.05, 4.69) is 20.6 Å². The van der Waals surface area contributed by atoms with E-state index in [1.807, 2.05) is 42.6 Å². The van der Waals surface area contributed by atoms with Gasteiger partial charge in [-0.25, -0.2) is 4.52 Å². The van der Waals surface area contributed by atoms with Crippen LogP contribution in [0.15, 0.2) is 46.6 Å². The van der Waals surface area contributed by atoms with Gasteiger partial charge < -0.3 is 10.3 Å². The second-order valence-electron chi connectivity index (χ2n) is 5.38. The molecule has 0 aliphatic heterocycles. The molecule has 8 heteroatoms. The van der Waals surface area contributed by atoms with E-state index >= 15 is 0 Å². The van der Waals surface area contributed by atoms with Crippen molar-refractivity contribution in [2.75, 3.05) is 0 Å². The second-order valence-corrected chi connectivity index (χ2v) is 6.36. The van der Waals surface area contributed by atoms with Gasteiger partial charge in [-0.2, -0.15) is 0 Å². The molecule has 3 heterocycles. The summed E-state index contributed by atoms with van der Waals surface area (Å²) in [7, 11) is 0. The largest absolute Gasteiger partial charge is 0.343 e. The molecule has 4 aromatic rings. The van der Waals surface area contributed by atoms with Crippen molar-refractivity contribution in [1.29, 1.82) is 0 Å². The number of hydrogen-bond donors (Lipinski definition) is 2. The van der Waals surface area contributed by atoms with Gasteiger partial charge >= 0.3 is 0 Å². The zero-order chi connectivity index (χ0) is 16.7. The first-order chi connectivity index (χ1) is 11.6. The van der Waals surface area contributed by atoms with E-state index < -0.39 is 11.5 Å². The summed E-state index contributed by atoms with van der Waals surface area (Å²) in [5, 5.41) is 12.7. The van der Waals surface area contributed by atoms with E-state index in [1.54, 1.807) is 17.4 Å². The van der Waals surface area contributed by atoms with Crippen molar-refractivity contribution >= 4 is 33.8 Å². The van der Waals surface area contributed by atoms with Gasteiger partial charge in [-0.3, -0.25) is 9.59 Å². The first-order valence-electron chi connectivity index (χ1n) is 7.36. The normalized spacial score (nSPS) is 12.5. The summed E-state index contributed by atoms with van der Waals surface area (Å²) < 4.78 is 1.40. The molecule has 1 amide bonds. The Hall–Kier alpha value is -3.00. The highest BCUT2D eigenvalue weighted by Gasteiger charge is 2.21. The third kappa shape index (κ3) is 2.28. The van der Waals surface area contributed by atoms with Crippen LogP contribution in [0.25, 0.3) is 16.6 Å². The number of aromatic nitrogens is 4. The van der Waals surface area contributed by atoms with Crippen LogP contribution in [0.4, 0.5) is 0 Å². The lowest BCUT2D eigenvalue weighted by molar-refractivity contribution is 0.0937. The van der Waals surface area contributed by atoms with E-state index in [-0.39, 0.29) is 17.3 Å². The lowest BCUT2D eigenvalue weighted by Crippen LogP contribution is -2.27. The highest BCUT2D eigenvalue weighted by molar-refractivity contribution is 7.10. The smallest absolute Gasteiger partial charge is 0.277 e. The predicted molar refractivity (Wildman–Crippen MR) is 91.3 cm³/mol. The van der Waals surface area contributed by atoms with Gasteiger partial charge in [-0.1, -0.05) is 23.4 Å². The molecule has 0 aliphatic rings. The second kappa shape index (κ2) is 5.57. The maximum absolute atomic E-state index is 12.5. The number of para-hydroxylation sites is 2.